The second kappa shape index (κ2) is 6.27. The van der Waals surface area contributed by atoms with Gasteiger partial charge in [-0.2, -0.15) is 0 Å². The van der Waals surface area contributed by atoms with Crippen LogP contribution in [0.1, 0.15) is 66.7 Å². The van der Waals surface area contributed by atoms with Crippen molar-refractivity contribution in [3.63, 3.8) is 0 Å². The molecule has 1 N–H and O–H groups in total. The van der Waals surface area contributed by atoms with Crippen LogP contribution >= 0.6 is 0 Å². The summed E-state index contributed by atoms with van der Waals surface area (Å²) < 4.78 is 5.64. The molecule has 0 radical (unpaired) electrons. The van der Waals surface area contributed by atoms with Crippen molar-refractivity contribution in [1.29, 1.82) is 0 Å². The fourth-order valence-electron chi connectivity index (χ4n) is 3.28. The smallest absolute Gasteiger partial charge is 0.340 e. The maximum absolute atomic E-state index is 12.8. The molecule has 0 unspecified atom stereocenters. The first kappa shape index (κ1) is 16.8. The van der Waals surface area contributed by atoms with Crippen LogP contribution in [-0.4, -0.2) is 21.5 Å². The molecule has 4 nitrogen and oxygen atoms in total. The summed E-state index contributed by atoms with van der Waals surface area (Å²) in [6.07, 6.45) is 6.83. The zero-order valence-electron chi connectivity index (χ0n) is 15.5. The van der Waals surface area contributed by atoms with Gasteiger partial charge in [-0.25, -0.2) is 4.79 Å². The number of hydrogen-bond acceptors (Lipinski definition) is 3. The standard InChI is InChI=1S/C22H24N2O2/c1-22(2,3)26-21(25)18-11-16(14-7-8-14)13-24-20(18)12-15-5-4-6-19-17(15)9-10-23-19/h4-6,9-11,13-14,23H,7-8,12H2,1-3H3. The van der Waals surface area contributed by atoms with Crippen LogP contribution in [0.5, 0.6) is 0 Å². The van der Waals surface area contributed by atoms with Gasteiger partial charge in [0.1, 0.15) is 5.60 Å². The number of hydrogen-bond donors (Lipinski definition) is 1. The molecule has 1 saturated carbocycles. The van der Waals surface area contributed by atoms with Gasteiger partial charge in [0, 0.05) is 29.7 Å². The van der Waals surface area contributed by atoms with Gasteiger partial charge in [0.15, 0.2) is 0 Å². The number of nitrogens with one attached hydrogen (secondary N) is 1. The number of aromatic amines is 1. The summed E-state index contributed by atoms with van der Waals surface area (Å²) >= 11 is 0. The first-order valence-corrected chi connectivity index (χ1v) is 9.18. The number of benzene rings is 1. The molecular weight excluding hydrogens is 324 g/mol. The molecule has 4 rings (SSSR count). The number of carbonyl (C=O) groups excluding carboxylic acids is 1. The van der Waals surface area contributed by atoms with Crippen LogP contribution in [0.4, 0.5) is 0 Å². The Labute approximate surface area is 153 Å². The van der Waals surface area contributed by atoms with Crippen molar-refractivity contribution < 1.29 is 9.53 Å². The number of fused-ring (bicyclic) bond motifs is 1. The van der Waals surface area contributed by atoms with Crippen LogP contribution in [-0.2, 0) is 11.2 Å². The molecular formula is C22H24N2O2. The third-order valence-corrected chi connectivity index (χ3v) is 4.70. The van der Waals surface area contributed by atoms with Gasteiger partial charge >= 0.3 is 5.97 Å². The molecule has 1 aromatic carbocycles. The van der Waals surface area contributed by atoms with Gasteiger partial charge in [-0.15, -0.1) is 0 Å². The minimum Gasteiger partial charge on any atom is -0.456 e. The first-order chi connectivity index (χ1) is 12.4. The van der Waals surface area contributed by atoms with Crippen LogP contribution in [0.15, 0.2) is 42.7 Å². The van der Waals surface area contributed by atoms with E-state index in [1.165, 1.54) is 12.8 Å². The van der Waals surface area contributed by atoms with Crippen LogP contribution in [0.2, 0.25) is 0 Å². The molecule has 1 fully saturated rings. The molecule has 1 aliphatic carbocycles. The first-order valence-electron chi connectivity index (χ1n) is 9.18. The Kier molecular flexibility index (Phi) is 4.06. The minimum absolute atomic E-state index is 0.288. The second-order valence-corrected chi connectivity index (χ2v) is 8.07. The number of nitrogens with zero attached hydrogens (tertiary/aromatic N) is 1. The van der Waals surface area contributed by atoms with Crippen molar-refractivity contribution in [2.75, 3.05) is 0 Å². The van der Waals surface area contributed by atoms with E-state index in [1.807, 2.05) is 45.3 Å². The van der Waals surface area contributed by atoms with Crippen LogP contribution in [0, 0.1) is 0 Å². The lowest BCUT2D eigenvalue weighted by atomic mass is 10.00. The van der Waals surface area contributed by atoms with Crippen LogP contribution in [0.3, 0.4) is 0 Å². The fourth-order valence-corrected chi connectivity index (χ4v) is 3.28. The van der Waals surface area contributed by atoms with Gasteiger partial charge in [-0.1, -0.05) is 12.1 Å². The monoisotopic (exact) mass is 348 g/mol. The highest BCUT2D eigenvalue weighted by molar-refractivity contribution is 5.91. The predicted molar refractivity (Wildman–Crippen MR) is 102 cm³/mol. The van der Waals surface area contributed by atoms with Gasteiger partial charge in [-0.3, -0.25) is 4.98 Å². The second-order valence-electron chi connectivity index (χ2n) is 8.07. The van der Waals surface area contributed by atoms with E-state index in [0.29, 0.717) is 17.9 Å². The Morgan fingerprint density at radius 2 is 2.08 bits per heavy atom. The lowest BCUT2D eigenvalue weighted by molar-refractivity contribution is 0.00678. The highest BCUT2D eigenvalue weighted by Gasteiger charge is 2.27. The lowest BCUT2D eigenvalue weighted by Crippen LogP contribution is -2.25. The third-order valence-electron chi connectivity index (χ3n) is 4.70. The van der Waals surface area contributed by atoms with Crippen molar-refractivity contribution in [2.24, 2.45) is 0 Å². The highest BCUT2D eigenvalue weighted by Crippen LogP contribution is 2.40. The van der Waals surface area contributed by atoms with E-state index in [9.17, 15) is 4.79 Å². The summed E-state index contributed by atoms with van der Waals surface area (Å²) in [5.41, 5.74) is 4.24. The number of ether oxygens (including phenoxy) is 1. The maximum atomic E-state index is 12.8. The number of pyridine rings is 1. The minimum atomic E-state index is -0.523. The van der Waals surface area contributed by atoms with Crippen molar-refractivity contribution in [3.8, 4) is 0 Å². The van der Waals surface area contributed by atoms with Gasteiger partial charge in [0.05, 0.1) is 11.3 Å². The summed E-state index contributed by atoms with van der Waals surface area (Å²) in [4.78, 5) is 20.7. The molecule has 134 valence electrons. The predicted octanol–water partition coefficient (Wildman–Crippen LogP) is 4.99. The van der Waals surface area contributed by atoms with Crippen molar-refractivity contribution in [3.05, 3.63) is 65.1 Å². The maximum Gasteiger partial charge on any atom is 0.340 e. The van der Waals surface area contributed by atoms with E-state index >= 15 is 0 Å². The van der Waals surface area contributed by atoms with Crippen LogP contribution in [0.25, 0.3) is 10.9 Å². The topological polar surface area (TPSA) is 55.0 Å². The van der Waals surface area contributed by atoms with Gasteiger partial charge in [0.25, 0.3) is 0 Å². The Morgan fingerprint density at radius 3 is 2.81 bits per heavy atom. The third kappa shape index (κ3) is 3.50. The van der Waals surface area contributed by atoms with Crippen molar-refractivity contribution in [1.82, 2.24) is 9.97 Å². The summed E-state index contributed by atoms with van der Waals surface area (Å²) in [6, 6.07) is 10.2. The van der Waals surface area contributed by atoms with E-state index in [4.69, 9.17) is 4.74 Å². The van der Waals surface area contributed by atoms with E-state index in [-0.39, 0.29) is 5.97 Å². The Hall–Kier alpha value is -2.62. The quantitative estimate of drug-likeness (QED) is 0.676. The van der Waals surface area contributed by atoms with Gasteiger partial charge in [-0.05, 0) is 68.9 Å². The molecule has 26 heavy (non-hydrogen) atoms. The number of rotatable bonds is 4. The summed E-state index contributed by atoms with van der Waals surface area (Å²) in [7, 11) is 0. The number of carbonyl (C=O) groups is 1. The molecule has 0 amide bonds. The largest absolute Gasteiger partial charge is 0.456 e. The summed E-state index contributed by atoms with van der Waals surface area (Å²) in [6.45, 7) is 5.68. The average molecular weight is 348 g/mol. The van der Waals surface area contributed by atoms with E-state index in [1.54, 1.807) is 0 Å². The number of aromatic nitrogens is 2. The molecule has 0 saturated heterocycles. The van der Waals surface area contributed by atoms with Crippen molar-refractivity contribution >= 4 is 16.9 Å². The Bertz CT molecular complexity index is 962. The van der Waals surface area contributed by atoms with Gasteiger partial charge < -0.3 is 9.72 Å². The summed E-state index contributed by atoms with van der Waals surface area (Å²) in [5, 5.41) is 1.16. The molecule has 2 heterocycles. The van der Waals surface area contributed by atoms with Crippen LogP contribution < -0.4 is 0 Å². The average Bonchev–Trinajstić information content (AvgIpc) is 3.31. The molecule has 0 aliphatic heterocycles. The number of esters is 1. The molecule has 3 aromatic rings. The zero-order valence-corrected chi connectivity index (χ0v) is 15.5. The van der Waals surface area contributed by atoms with E-state index in [2.05, 4.69) is 28.2 Å². The zero-order chi connectivity index (χ0) is 18.3. The van der Waals surface area contributed by atoms with Gasteiger partial charge in [0.2, 0.25) is 0 Å². The molecule has 2 aromatic heterocycles. The molecule has 0 atom stereocenters. The SMILES string of the molecule is CC(C)(C)OC(=O)c1cc(C2CC2)cnc1Cc1cccc2[nH]ccc12. The molecule has 1 aliphatic rings. The Balaban J connectivity index is 1.72. The highest BCUT2D eigenvalue weighted by atomic mass is 16.6. The molecule has 4 heteroatoms. The van der Waals surface area contributed by atoms with Crippen molar-refractivity contribution in [2.45, 2.75) is 51.6 Å². The molecule has 0 bridgehead atoms. The lowest BCUT2D eigenvalue weighted by Gasteiger charge is -2.20. The fraction of sp³-hybridized carbons (Fsp3) is 0.364. The molecule has 0 spiro atoms. The summed E-state index contributed by atoms with van der Waals surface area (Å²) in [5.74, 6) is 0.259. The normalized spacial score (nSPS) is 14.6. The number of H-pyrrole nitrogens is 1. The Morgan fingerprint density at radius 1 is 1.27 bits per heavy atom. The van der Waals surface area contributed by atoms with E-state index in [0.717, 1.165) is 27.7 Å². The van der Waals surface area contributed by atoms with E-state index < -0.39 is 5.60 Å².